The summed E-state index contributed by atoms with van der Waals surface area (Å²) in [5, 5.41) is 8.64. The van der Waals surface area contributed by atoms with Crippen molar-refractivity contribution >= 4 is 29.0 Å². The summed E-state index contributed by atoms with van der Waals surface area (Å²) in [6, 6.07) is 46.4. The average Bonchev–Trinajstić information content (AvgIpc) is 3.00. The summed E-state index contributed by atoms with van der Waals surface area (Å²) < 4.78 is 6.52. The number of fused-ring (bicyclic) bond motifs is 1. The molecule has 182 valence electrons. The van der Waals surface area contributed by atoms with E-state index in [4.69, 9.17) is 9.73 Å². The molecule has 1 aliphatic heterocycles. The average molecular weight is 492 g/mol. The Kier molecular flexibility index (Phi) is 6.68. The maximum atomic E-state index is 6.52. The van der Waals surface area contributed by atoms with E-state index in [0.29, 0.717) is 0 Å². The van der Waals surface area contributed by atoms with Gasteiger partial charge in [0.2, 0.25) is 0 Å². The lowest BCUT2D eigenvalue weighted by Crippen LogP contribution is -2.17. The standard InChI is InChI=1S/C34H25N3O/c1-4-12-25(13-5-1)33-30-18-10-11-19-32(30)38-34(26-14-6-2-7-15-26)31(33)24-35-27-20-22-29(23-21-27)37-36-28-16-8-3-9-17-28/h1-24,33H. The fourth-order valence-corrected chi connectivity index (χ4v) is 4.59. The molecule has 6 rings (SSSR count). The molecule has 5 aromatic rings. The monoisotopic (exact) mass is 491 g/mol. The Morgan fingerprint density at radius 2 is 1.08 bits per heavy atom. The fraction of sp³-hybridized carbons (Fsp3) is 0.0294. The predicted octanol–water partition coefficient (Wildman–Crippen LogP) is 9.44. The summed E-state index contributed by atoms with van der Waals surface area (Å²) >= 11 is 0. The molecule has 0 fully saturated rings. The molecule has 0 amide bonds. The number of hydrogen-bond donors (Lipinski definition) is 0. The molecule has 1 aliphatic rings. The summed E-state index contributed by atoms with van der Waals surface area (Å²) in [5.41, 5.74) is 6.75. The van der Waals surface area contributed by atoms with Crippen molar-refractivity contribution in [2.24, 2.45) is 15.2 Å². The van der Waals surface area contributed by atoms with Crippen molar-refractivity contribution in [3.8, 4) is 5.75 Å². The third-order valence-electron chi connectivity index (χ3n) is 6.42. The van der Waals surface area contributed by atoms with Crippen molar-refractivity contribution in [1.82, 2.24) is 0 Å². The molecule has 0 spiro atoms. The molecule has 0 bridgehead atoms. The minimum absolute atomic E-state index is 0.0148. The van der Waals surface area contributed by atoms with Gasteiger partial charge in [-0.1, -0.05) is 97.1 Å². The van der Waals surface area contributed by atoms with Crippen LogP contribution in [0, 0.1) is 0 Å². The van der Waals surface area contributed by atoms with Gasteiger partial charge in [0.05, 0.1) is 17.1 Å². The highest BCUT2D eigenvalue weighted by Gasteiger charge is 2.30. The van der Waals surface area contributed by atoms with Crippen LogP contribution in [0.3, 0.4) is 0 Å². The van der Waals surface area contributed by atoms with Crippen molar-refractivity contribution in [1.29, 1.82) is 0 Å². The summed E-state index contributed by atoms with van der Waals surface area (Å²) in [6.45, 7) is 0. The van der Waals surface area contributed by atoms with Crippen LogP contribution >= 0.6 is 0 Å². The number of benzene rings is 5. The van der Waals surface area contributed by atoms with Crippen molar-refractivity contribution in [3.63, 3.8) is 0 Å². The molecule has 38 heavy (non-hydrogen) atoms. The second-order valence-corrected chi connectivity index (χ2v) is 8.94. The second kappa shape index (κ2) is 10.9. The number of aliphatic imine (C=N–C) groups is 1. The van der Waals surface area contributed by atoms with Crippen LogP contribution in [0.4, 0.5) is 17.1 Å². The van der Waals surface area contributed by atoms with Crippen LogP contribution in [0.5, 0.6) is 5.75 Å². The quantitative estimate of drug-likeness (QED) is 0.172. The zero-order chi connectivity index (χ0) is 25.6. The lowest BCUT2D eigenvalue weighted by atomic mass is 9.81. The normalized spacial score (nSPS) is 15.0. The summed E-state index contributed by atoms with van der Waals surface area (Å²) in [4.78, 5) is 4.88. The molecule has 5 aromatic carbocycles. The van der Waals surface area contributed by atoms with Crippen molar-refractivity contribution in [2.75, 3.05) is 0 Å². The number of para-hydroxylation sites is 1. The van der Waals surface area contributed by atoms with Crippen LogP contribution in [0.15, 0.2) is 160 Å². The molecule has 1 atom stereocenters. The largest absolute Gasteiger partial charge is 0.456 e. The molecule has 0 N–H and O–H groups in total. The Morgan fingerprint density at radius 3 is 1.79 bits per heavy atom. The van der Waals surface area contributed by atoms with Gasteiger partial charge in [0, 0.05) is 28.8 Å². The highest BCUT2D eigenvalue weighted by Crippen LogP contribution is 2.45. The van der Waals surface area contributed by atoms with Gasteiger partial charge in [-0.3, -0.25) is 4.99 Å². The molecule has 0 radical (unpaired) electrons. The molecule has 1 heterocycles. The first kappa shape index (κ1) is 23.3. The van der Waals surface area contributed by atoms with Gasteiger partial charge in [-0.15, -0.1) is 0 Å². The number of allylic oxidation sites excluding steroid dienone is 1. The number of hydrogen-bond acceptors (Lipinski definition) is 4. The Hall–Kier alpha value is -5.09. The highest BCUT2D eigenvalue weighted by molar-refractivity contribution is 5.95. The summed E-state index contributed by atoms with van der Waals surface area (Å²) in [7, 11) is 0. The minimum atomic E-state index is -0.0148. The van der Waals surface area contributed by atoms with Gasteiger partial charge in [-0.05, 0) is 48.0 Å². The minimum Gasteiger partial charge on any atom is -0.456 e. The van der Waals surface area contributed by atoms with E-state index in [-0.39, 0.29) is 5.92 Å². The first-order valence-electron chi connectivity index (χ1n) is 12.6. The summed E-state index contributed by atoms with van der Waals surface area (Å²) in [5.74, 6) is 1.67. The smallest absolute Gasteiger partial charge is 0.140 e. The van der Waals surface area contributed by atoms with Gasteiger partial charge < -0.3 is 4.74 Å². The molecule has 4 heteroatoms. The maximum absolute atomic E-state index is 6.52. The van der Waals surface area contributed by atoms with Gasteiger partial charge in [0.25, 0.3) is 0 Å². The van der Waals surface area contributed by atoms with Gasteiger partial charge in [-0.2, -0.15) is 10.2 Å². The lowest BCUT2D eigenvalue weighted by molar-refractivity contribution is 0.489. The van der Waals surface area contributed by atoms with E-state index in [0.717, 1.165) is 45.3 Å². The van der Waals surface area contributed by atoms with Crippen LogP contribution in [0.2, 0.25) is 0 Å². The van der Waals surface area contributed by atoms with Crippen molar-refractivity contribution in [3.05, 3.63) is 162 Å². The third kappa shape index (κ3) is 5.06. The van der Waals surface area contributed by atoms with E-state index in [1.165, 1.54) is 5.56 Å². The van der Waals surface area contributed by atoms with Crippen LogP contribution < -0.4 is 4.74 Å². The topological polar surface area (TPSA) is 46.3 Å². The Morgan fingerprint density at radius 1 is 0.526 bits per heavy atom. The number of nitrogens with zero attached hydrogens (tertiary/aromatic N) is 3. The zero-order valence-corrected chi connectivity index (χ0v) is 20.7. The van der Waals surface area contributed by atoms with Gasteiger partial charge in [0.15, 0.2) is 0 Å². The number of rotatable bonds is 6. The molecular formula is C34H25N3O. The van der Waals surface area contributed by atoms with Crippen molar-refractivity contribution in [2.45, 2.75) is 5.92 Å². The Labute approximate surface area is 222 Å². The highest BCUT2D eigenvalue weighted by atomic mass is 16.5. The van der Waals surface area contributed by atoms with E-state index >= 15 is 0 Å². The summed E-state index contributed by atoms with van der Waals surface area (Å²) in [6.07, 6.45) is 1.94. The number of azo groups is 1. The Balaban J connectivity index is 1.39. The Bertz CT molecular complexity index is 1610. The SMILES string of the molecule is C(=Nc1ccc(N=Nc2ccccc2)cc1)C1=C(c2ccccc2)Oc2ccccc2C1c1ccccc1. The first-order chi connectivity index (χ1) is 18.8. The molecule has 0 aromatic heterocycles. The lowest BCUT2D eigenvalue weighted by Gasteiger charge is -2.30. The van der Waals surface area contributed by atoms with Crippen LogP contribution in [0.25, 0.3) is 5.76 Å². The van der Waals surface area contributed by atoms with Crippen LogP contribution in [-0.2, 0) is 0 Å². The van der Waals surface area contributed by atoms with E-state index in [1.807, 2.05) is 97.2 Å². The van der Waals surface area contributed by atoms with Gasteiger partial charge in [-0.25, -0.2) is 0 Å². The number of ether oxygens (including phenoxy) is 1. The van der Waals surface area contributed by atoms with E-state index in [2.05, 4.69) is 58.8 Å². The molecule has 4 nitrogen and oxygen atoms in total. The van der Waals surface area contributed by atoms with Crippen LogP contribution in [0.1, 0.15) is 22.6 Å². The molecular weight excluding hydrogens is 466 g/mol. The van der Waals surface area contributed by atoms with Gasteiger partial charge >= 0.3 is 0 Å². The van der Waals surface area contributed by atoms with Gasteiger partial charge in [0.1, 0.15) is 11.5 Å². The predicted molar refractivity (Wildman–Crippen MR) is 154 cm³/mol. The first-order valence-corrected chi connectivity index (χ1v) is 12.6. The second-order valence-electron chi connectivity index (χ2n) is 8.94. The fourth-order valence-electron chi connectivity index (χ4n) is 4.59. The third-order valence-corrected chi connectivity index (χ3v) is 6.42. The zero-order valence-electron chi connectivity index (χ0n) is 20.7. The van der Waals surface area contributed by atoms with E-state index in [9.17, 15) is 0 Å². The van der Waals surface area contributed by atoms with Crippen LogP contribution in [-0.4, -0.2) is 6.21 Å². The van der Waals surface area contributed by atoms with E-state index in [1.54, 1.807) is 0 Å². The molecule has 1 unspecified atom stereocenters. The van der Waals surface area contributed by atoms with Crippen molar-refractivity contribution < 1.29 is 4.74 Å². The van der Waals surface area contributed by atoms with E-state index < -0.39 is 0 Å². The molecule has 0 saturated heterocycles. The maximum Gasteiger partial charge on any atom is 0.140 e. The molecule has 0 saturated carbocycles. The molecule has 0 aliphatic carbocycles.